The van der Waals surface area contributed by atoms with E-state index in [0.29, 0.717) is 22.4 Å². The molecular weight excluding hydrogens is 250 g/mol. The number of fused-ring (bicyclic) bond motifs is 2. The Balaban J connectivity index is 2.55. The number of rotatable bonds is 0. The zero-order valence-corrected chi connectivity index (χ0v) is 10.3. The average molecular weight is 259 g/mol. The van der Waals surface area contributed by atoms with E-state index in [1.165, 1.54) is 0 Å². The summed E-state index contributed by atoms with van der Waals surface area (Å²) in [6, 6.07) is 3.54. The summed E-state index contributed by atoms with van der Waals surface area (Å²) in [6.45, 7) is 1.88. The van der Waals surface area contributed by atoms with Crippen LogP contribution in [0.15, 0.2) is 16.9 Å². The van der Waals surface area contributed by atoms with Crippen LogP contribution in [0.4, 0.5) is 5.69 Å². The quantitative estimate of drug-likeness (QED) is 0.322. The van der Waals surface area contributed by atoms with Crippen LogP contribution in [0.25, 0.3) is 22.2 Å². The number of aromatic amines is 2. The van der Waals surface area contributed by atoms with E-state index in [4.69, 9.17) is 18.0 Å². The van der Waals surface area contributed by atoms with Crippen LogP contribution in [0.5, 0.6) is 0 Å². The summed E-state index contributed by atoms with van der Waals surface area (Å²) >= 11 is 4.89. The van der Waals surface area contributed by atoms with Crippen molar-refractivity contribution in [1.82, 2.24) is 19.9 Å². The molecule has 0 fully saturated rings. The molecule has 18 heavy (non-hydrogen) atoms. The van der Waals surface area contributed by atoms with Crippen LogP contribution in [-0.4, -0.2) is 19.9 Å². The van der Waals surface area contributed by atoms with Gasteiger partial charge < -0.3 is 10.7 Å². The first-order chi connectivity index (χ1) is 8.54. The van der Waals surface area contributed by atoms with Gasteiger partial charge in [0, 0.05) is 5.69 Å². The van der Waals surface area contributed by atoms with Crippen molar-refractivity contribution in [2.75, 3.05) is 5.73 Å². The molecule has 7 heteroatoms. The van der Waals surface area contributed by atoms with Crippen LogP contribution in [0.1, 0.15) is 5.56 Å². The molecule has 0 atom stereocenters. The van der Waals surface area contributed by atoms with Gasteiger partial charge >= 0.3 is 0 Å². The van der Waals surface area contributed by atoms with Crippen LogP contribution < -0.4 is 11.3 Å². The SMILES string of the molecule is Cc1cc2nc3c(=O)[nH]c(=S)[nH]c3nc2cc1N. The van der Waals surface area contributed by atoms with Crippen molar-refractivity contribution in [3.05, 3.63) is 32.8 Å². The van der Waals surface area contributed by atoms with Crippen molar-refractivity contribution in [2.24, 2.45) is 0 Å². The third-order valence-corrected chi connectivity index (χ3v) is 2.93. The molecule has 6 nitrogen and oxygen atoms in total. The molecule has 0 amide bonds. The molecule has 0 spiro atoms. The Hall–Kier alpha value is -2.28. The summed E-state index contributed by atoms with van der Waals surface area (Å²) in [5.74, 6) is 0. The summed E-state index contributed by atoms with van der Waals surface area (Å²) in [5.41, 5.74) is 8.87. The number of aryl methyl sites for hydroxylation is 1. The van der Waals surface area contributed by atoms with Crippen molar-refractivity contribution in [3.63, 3.8) is 0 Å². The molecular formula is C11H9N5OS. The minimum absolute atomic E-state index is 0.223. The van der Waals surface area contributed by atoms with Gasteiger partial charge in [-0.1, -0.05) is 0 Å². The van der Waals surface area contributed by atoms with Gasteiger partial charge in [0.2, 0.25) is 0 Å². The van der Waals surface area contributed by atoms with Crippen molar-refractivity contribution in [2.45, 2.75) is 6.92 Å². The molecule has 0 radical (unpaired) electrons. The van der Waals surface area contributed by atoms with Gasteiger partial charge in [-0.3, -0.25) is 9.78 Å². The highest BCUT2D eigenvalue weighted by molar-refractivity contribution is 7.71. The Morgan fingerprint density at radius 2 is 1.94 bits per heavy atom. The Labute approximate surface area is 106 Å². The van der Waals surface area contributed by atoms with Crippen LogP contribution in [0, 0.1) is 11.7 Å². The molecule has 4 N–H and O–H groups in total. The van der Waals surface area contributed by atoms with Crippen LogP contribution >= 0.6 is 12.2 Å². The fourth-order valence-corrected chi connectivity index (χ4v) is 1.96. The summed E-state index contributed by atoms with van der Waals surface area (Å²) in [7, 11) is 0. The lowest BCUT2D eigenvalue weighted by molar-refractivity contribution is 1.10. The third kappa shape index (κ3) is 1.56. The fraction of sp³-hybridized carbons (Fsp3) is 0.0909. The number of nitrogens with zero attached hydrogens (tertiary/aromatic N) is 2. The van der Waals surface area contributed by atoms with Crippen molar-refractivity contribution in [1.29, 1.82) is 0 Å². The topological polar surface area (TPSA) is 100 Å². The van der Waals surface area contributed by atoms with E-state index in [1.807, 2.05) is 6.92 Å². The molecule has 0 saturated heterocycles. The largest absolute Gasteiger partial charge is 0.398 e. The highest BCUT2D eigenvalue weighted by Gasteiger charge is 2.07. The molecule has 2 aromatic heterocycles. The first-order valence-electron chi connectivity index (χ1n) is 5.25. The number of hydrogen-bond donors (Lipinski definition) is 3. The van der Waals surface area contributed by atoms with Gasteiger partial charge in [-0.05, 0) is 36.8 Å². The van der Waals surface area contributed by atoms with Crippen molar-refractivity contribution >= 4 is 40.1 Å². The van der Waals surface area contributed by atoms with Gasteiger partial charge in [0.1, 0.15) is 0 Å². The molecule has 3 aromatic rings. The van der Waals surface area contributed by atoms with E-state index >= 15 is 0 Å². The normalized spacial score (nSPS) is 11.2. The minimum Gasteiger partial charge on any atom is -0.398 e. The molecule has 1 aromatic carbocycles. The maximum Gasteiger partial charge on any atom is 0.279 e. The predicted molar refractivity (Wildman–Crippen MR) is 72.0 cm³/mol. The van der Waals surface area contributed by atoms with E-state index in [-0.39, 0.29) is 15.8 Å². The zero-order valence-electron chi connectivity index (χ0n) is 9.44. The molecule has 0 aliphatic carbocycles. The Kier molecular flexibility index (Phi) is 2.17. The lowest BCUT2D eigenvalue weighted by Crippen LogP contribution is -2.10. The number of benzene rings is 1. The minimum atomic E-state index is -0.349. The molecule has 0 aliphatic heterocycles. The second-order valence-electron chi connectivity index (χ2n) is 4.03. The summed E-state index contributed by atoms with van der Waals surface area (Å²) in [4.78, 5) is 25.6. The molecule has 0 aliphatic rings. The maximum atomic E-state index is 11.7. The van der Waals surface area contributed by atoms with Crippen LogP contribution in [0.2, 0.25) is 0 Å². The molecule has 90 valence electrons. The lowest BCUT2D eigenvalue weighted by atomic mass is 10.2. The number of nitrogens with one attached hydrogen (secondary N) is 2. The summed E-state index contributed by atoms with van der Waals surface area (Å²) < 4.78 is 0.223. The van der Waals surface area contributed by atoms with E-state index in [1.54, 1.807) is 12.1 Å². The van der Waals surface area contributed by atoms with E-state index < -0.39 is 0 Å². The third-order valence-electron chi connectivity index (χ3n) is 2.73. The number of anilines is 1. The number of nitrogens with two attached hydrogens (primary N) is 1. The molecule has 3 rings (SSSR count). The number of aromatic nitrogens is 4. The molecule has 2 heterocycles. The Morgan fingerprint density at radius 1 is 1.22 bits per heavy atom. The first-order valence-corrected chi connectivity index (χ1v) is 5.65. The first kappa shape index (κ1) is 10.8. The molecule has 0 unspecified atom stereocenters. The fourth-order valence-electron chi connectivity index (χ4n) is 1.77. The number of hydrogen-bond acceptors (Lipinski definition) is 5. The maximum absolute atomic E-state index is 11.7. The number of nitrogen functional groups attached to an aromatic ring is 1. The van der Waals surface area contributed by atoms with E-state index in [9.17, 15) is 4.79 Å². The highest BCUT2D eigenvalue weighted by Crippen LogP contribution is 2.19. The van der Waals surface area contributed by atoms with E-state index in [0.717, 1.165) is 5.56 Å². The van der Waals surface area contributed by atoms with Gasteiger partial charge in [-0.15, -0.1) is 0 Å². The molecule has 0 bridgehead atoms. The smallest absolute Gasteiger partial charge is 0.279 e. The number of H-pyrrole nitrogens is 2. The Bertz CT molecular complexity index is 895. The highest BCUT2D eigenvalue weighted by atomic mass is 32.1. The van der Waals surface area contributed by atoms with Crippen molar-refractivity contribution in [3.8, 4) is 0 Å². The average Bonchev–Trinajstić information content (AvgIpc) is 2.29. The summed E-state index contributed by atoms with van der Waals surface area (Å²) in [5, 5.41) is 0. The standard InChI is InChI=1S/C11H9N5OS/c1-4-2-6-7(3-5(4)12)14-9-8(13-6)10(17)16-11(18)15-9/h2-3H,12H2,1H3,(H2,14,15,16,17,18). The zero-order chi connectivity index (χ0) is 12.9. The van der Waals surface area contributed by atoms with Gasteiger partial charge in [0.25, 0.3) is 5.56 Å². The van der Waals surface area contributed by atoms with Crippen LogP contribution in [-0.2, 0) is 0 Å². The van der Waals surface area contributed by atoms with Gasteiger partial charge in [0.15, 0.2) is 15.9 Å². The van der Waals surface area contributed by atoms with Crippen molar-refractivity contribution < 1.29 is 0 Å². The monoisotopic (exact) mass is 259 g/mol. The molecule has 0 saturated carbocycles. The van der Waals surface area contributed by atoms with E-state index in [2.05, 4.69) is 19.9 Å². The second kappa shape index (κ2) is 3.61. The van der Waals surface area contributed by atoms with Gasteiger partial charge in [-0.2, -0.15) is 0 Å². The van der Waals surface area contributed by atoms with Gasteiger partial charge in [-0.25, -0.2) is 9.97 Å². The van der Waals surface area contributed by atoms with Crippen LogP contribution in [0.3, 0.4) is 0 Å². The van der Waals surface area contributed by atoms with Gasteiger partial charge in [0.05, 0.1) is 11.0 Å². The lowest BCUT2D eigenvalue weighted by Gasteiger charge is -2.04. The Morgan fingerprint density at radius 3 is 2.72 bits per heavy atom. The summed E-state index contributed by atoms with van der Waals surface area (Å²) in [6.07, 6.45) is 0. The predicted octanol–water partition coefficient (Wildman–Crippen LogP) is 1.42. The second-order valence-corrected chi connectivity index (χ2v) is 4.43.